The zero-order valence-electron chi connectivity index (χ0n) is 9.51. The van der Waals surface area contributed by atoms with Crippen LogP contribution >= 0.6 is 0 Å². The molecule has 0 saturated heterocycles. The minimum absolute atomic E-state index is 0.537. The molecule has 0 amide bonds. The van der Waals surface area contributed by atoms with E-state index in [4.69, 9.17) is 0 Å². The topological polar surface area (TPSA) is 0 Å². The summed E-state index contributed by atoms with van der Waals surface area (Å²) in [7, 11) is 4.59. The molecule has 1 rings (SSSR count). The quantitative estimate of drug-likeness (QED) is 0.355. The first-order valence-electron chi connectivity index (χ1n) is 5.27. The maximum absolute atomic E-state index is 4.06. The fourth-order valence-corrected chi connectivity index (χ4v) is 1.75. The van der Waals surface area contributed by atoms with E-state index in [1.165, 1.54) is 12.8 Å². The molecule has 2 atom stereocenters. The molecule has 0 heterocycles. The van der Waals surface area contributed by atoms with Gasteiger partial charge in [0.1, 0.15) is 18.5 Å². The number of quaternary nitrogens is 1. The highest BCUT2D eigenvalue weighted by molar-refractivity contribution is 5.17. The number of likely N-dealkylation sites (N-methyl/N-ethyl adjacent to an activating group) is 1. The first-order chi connectivity index (χ1) is 5.92. The maximum Gasteiger partial charge on any atom is 0.141 e. The molecule has 0 aromatic rings. The van der Waals surface area contributed by atoms with E-state index in [2.05, 4.69) is 40.9 Å². The van der Waals surface area contributed by atoms with Crippen molar-refractivity contribution in [1.82, 2.24) is 0 Å². The second kappa shape index (κ2) is 3.75. The number of nitrogens with zero attached hydrogens (tertiary/aromatic N) is 1. The molecule has 0 N–H and O–H groups in total. The number of rotatable bonds is 4. The van der Waals surface area contributed by atoms with Crippen molar-refractivity contribution in [2.75, 3.05) is 20.6 Å². The molecular weight excluding hydrogens is 158 g/mol. The summed E-state index contributed by atoms with van der Waals surface area (Å²) in [5.41, 5.74) is 1.65. The van der Waals surface area contributed by atoms with E-state index in [0.29, 0.717) is 12.0 Å². The van der Waals surface area contributed by atoms with Gasteiger partial charge in [0, 0.05) is 0 Å². The van der Waals surface area contributed by atoms with Crippen LogP contribution in [0.4, 0.5) is 0 Å². The Morgan fingerprint density at radius 3 is 2.31 bits per heavy atom. The predicted molar refractivity (Wildman–Crippen MR) is 58.3 cm³/mol. The lowest BCUT2D eigenvalue weighted by molar-refractivity contribution is -0.908. The van der Waals surface area contributed by atoms with E-state index in [1.54, 1.807) is 5.57 Å². The van der Waals surface area contributed by atoms with Crippen LogP contribution in [-0.4, -0.2) is 31.2 Å². The van der Waals surface area contributed by atoms with Gasteiger partial charge in [0.05, 0.1) is 21.0 Å². The SMILES string of the molecule is [CH2+]C(C)C[N+](C)(C)C(C)C=C1CC1. The van der Waals surface area contributed by atoms with Crippen LogP contribution in [0.15, 0.2) is 11.6 Å². The van der Waals surface area contributed by atoms with Crippen LogP contribution in [-0.2, 0) is 0 Å². The third kappa shape index (κ3) is 3.43. The predicted octanol–water partition coefficient (Wildman–Crippen LogP) is 2.64. The first kappa shape index (κ1) is 10.6. The molecule has 74 valence electrons. The van der Waals surface area contributed by atoms with Crippen molar-refractivity contribution in [2.45, 2.75) is 32.7 Å². The Hall–Kier alpha value is -0.430. The van der Waals surface area contributed by atoms with Crippen LogP contribution in [0.25, 0.3) is 0 Å². The van der Waals surface area contributed by atoms with Gasteiger partial charge in [0.15, 0.2) is 0 Å². The smallest absolute Gasteiger partial charge is 0.141 e. The van der Waals surface area contributed by atoms with Gasteiger partial charge >= 0.3 is 0 Å². The maximum atomic E-state index is 4.06. The second-order valence-electron chi connectivity index (χ2n) is 5.13. The van der Waals surface area contributed by atoms with Crippen LogP contribution in [0.3, 0.4) is 0 Å². The highest BCUT2D eigenvalue weighted by Crippen LogP contribution is 2.29. The second-order valence-corrected chi connectivity index (χ2v) is 5.13. The highest BCUT2D eigenvalue weighted by atomic mass is 15.3. The van der Waals surface area contributed by atoms with E-state index in [1.807, 2.05) is 0 Å². The zero-order chi connectivity index (χ0) is 10.1. The Morgan fingerprint density at radius 1 is 1.38 bits per heavy atom. The lowest BCUT2D eigenvalue weighted by Crippen LogP contribution is -2.48. The van der Waals surface area contributed by atoms with Crippen molar-refractivity contribution >= 4 is 0 Å². The van der Waals surface area contributed by atoms with Crippen molar-refractivity contribution in [2.24, 2.45) is 5.92 Å². The molecule has 0 spiro atoms. The summed E-state index contributed by atoms with van der Waals surface area (Å²) in [6.07, 6.45) is 5.12. The van der Waals surface area contributed by atoms with Crippen molar-refractivity contribution in [1.29, 1.82) is 0 Å². The summed E-state index contributed by atoms with van der Waals surface area (Å²) in [4.78, 5) is 0. The molecule has 1 nitrogen and oxygen atoms in total. The van der Waals surface area contributed by atoms with Crippen LogP contribution in [0.1, 0.15) is 26.7 Å². The molecule has 0 bridgehead atoms. The van der Waals surface area contributed by atoms with Crippen LogP contribution < -0.4 is 0 Å². The Morgan fingerprint density at radius 2 is 1.92 bits per heavy atom. The van der Waals surface area contributed by atoms with Gasteiger partial charge in [-0.2, -0.15) is 0 Å². The number of allylic oxidation sites excluding steroid dienone is 1. The van der Waals surface area contributed by atoms with Gasteiger partial charge in [0.25, 0.3) is 0 Å². The molecule has 1 fully saturated rings. The van der Waals surface area contributed by atoms with Gasteiger partial charge in [0.2, 0.25) is 0 Å². The van der Waals surface area contributed by atoms with E-state index in [-0.39, 0.29) is 0 Å². The van der Waals surface area contributed by atoms with Gasteiger partial charge in [-0.3, -0.25) is 0 Å². The summed E-state index contributed by atoms with van der Waals surface area (Å²) < 4.78 is 1.06. The van der Waals surface area contributed by atoms with Gasteiger partial charge in [-0.15, -0.1) is 0 Å². The summed E-state index contributed by atoms with van der Waals surface area (Å²) in [5.74, 6) is 0.537. The Balaban J connectivity index is 2.51. The average molecular weight is 181 g/mol. The fraction of sp³-hybridized carbons (Fsp3) is 0.750. The summed E-state index contributed by atoms with van der Waals surface area (Å²) in [6.45, 7) is 9.73. The van der Waals surface area contributed by atoms with Crippen LogP contribution in [0, 0.1) is 12.8 Å². The lowest BCUT2D eigenvalue weighted by Gasteiger charge is -2.34. The fourth-order valence-electron chi connectivity index (χ4n) is 1.75. The standard InChI is InChI=1S/C12H23N/c1-10(2)9-13(4,5)11(3)8-12-6-7-12/h8,10-11H,1,6-7,9H2,2-5H3/q+2. The molecule has 0 aliphatic heterocycles. The van der Waals surface area contributed by atoms with Gasteiger partial charge in [-0.25, -0.2) is 0 Å². The summed E-state index contributed by atoms with van der Waals surface area (Å²) >= 11 is 0. The van der Waals surface area contributed by atoms with Crippen molar-refractivity contribution in [3.05, 3.63) is 18.6 Å². The zero-order valence-corrected chi connectivity index (χ0v) is 9.51. The third-order valence-corrected chi connectivity index (χ3v) is 2.90. The average Bonchev–Trinajstić information content (AvgIpc) is 2.68. The molecule has 1 aliphatic rings. The van der Waals surface area contributed by atoms with E-state index in [0.717, 1.165) is 11.0 Å². The van der Waals surface area contributed by atoms with Crippen molar-refractivity contribution < 1.29 is 4.48 Å². The van der Waals surface area contributed by atoms with Crippen LogP contribution in [0.5, 0.6) is 0 Å². The van der Waals surface area contributed by atoms with E-state index < -0.39 is 0 Å². The molecule has 1 aliphatic carbocycles. The summed E-state index contributed by atoms with van der Waals surface area (Å²) in [5, 5.41) is 0. The Labute approximate surface area is 83.0 Å². The molecule has 1 saturated carbocycles. The molecular formula is C12H23N+2. The lowest BCUT2D eigenvalue weighted by atomic mass is 10.1. The number of hydrogen-bond acceptors (Lipinski definition) is 0. The van der Waals surface area contributed by atoms with Crippen molar-refractivity contribution in [3.8, 4) is 0 Å². The minimum atomic E-state index is 0.537. The van der Waals surface area contributed by atoms with Gasteiger partial charge in [-0.1, -0.05) is 5.57 Å². The molecule has 13 heavy (non-hydrogen) atoms. The van der Waals surface area contributed by atoms with Gasteiger partial charge in [-0.05, 0) is 32.8 Å². The molecule has 0 radical (unpaired) electrons. The molecule has 0 aromatic carbocycles. The summed E-state index contributed by atoms with van der Waals surface area (Å²) in [6, 6.07) is 0.640. The minimum Gasteiger partial charge on any atom is -0.319 e. The molecule has 2 unspecified atom stereocenters. The molecule has 0 aromatic heterocycles. The largest absolute Gasteiger partial charge is 0.319 e. The first-order valence-corrected chi connectivity index (χ1v) is 5.27. The highest BCUT2D eigenvalue weighted by Gasteiger charge is 2.27. The Bertz CT molecular complexity index is 195. The third-order valence-electron chi connectivity index (χ3n) is 2.90. The van der Waals surface area contributed by atoms with E-state index >= 15 is 0 Å². The van der Waals surface area contributed by atoms with Crippen molar-refractivity contribution in [3.63, 3.8) is 0 Å². The van der Waals surface area contributed by atoms with E-state index in [9.17, 15) is 0 Å². The number of hydrogen-bond donors (Lipinski definition) is 0. The Kier molecular flexibility index (Phi) is 3.07. The van der Waals surface area contributed by atoms with Crippen LogP contribution in [0.2, 0.25) is 0 Å². The monoisotopic (exact) mass is 181 g/mol. The van der Waals surface area contributed by atoms with Gasteiger partial charge < -0.3 is 4.48 Å². The normalized spacial score (nSPS) is 21.1. The molecule has 1 heteroatoms.